The van der Waals surface area contributed by atoms with Gasteiger partial charge in [-0.1, -0.05) is 32.0 Å². The van der Waals surface area contributed by atoms with E-state index >= 15 is 0 Å². The number of para-hydroxylation sites is 2. The van der Waals surface area contributed by atoms with Gasteiger partial charge in [-0.2, -0.15) is 4.31 Å². The first-order chi connectivity index (χ1) is 14.8. The van der Waals surface area contributed by atoms with E-state index in [2.05, 4.69) is 15.1 Å². The van der Waals surface area contributed by atoms with E-state index in [0.717, 1.165) is 24.3 Å². The van der Waals surface area contributed by atoms with E-state index in [4.69, 9.17) is 12.2 Å². The quantitative estimate of drug-likeness (QED) is 0.638. The molecule has 0 aromatic heterocycles. The fourth-order valence-electron chi connectivity index (χ4n) is 3.69. The summed E-state index contributed by atoms with van der Waals surface area (Å²) >= 11 is 5.62. The highest BCUT2D eigenvalue weighted by molar-refractivity contribution is 7.89. The van der Waals surface area contributed by atoms with Crippen LogP contribution in [0.15, 0.2) is 47.4 Å². The lowest BCUT2D eigenvalue weighted by atomic mass is 10.2. The highest BCUT2D eigenvalue weighted by Gasteiger charge is 2.24. The number of thiocarbonyl (C=S) groups is 1. The SMILES string of the molecule is CCN(CC)S(=O)(=O)c1ccc(C)c(NC(=S)N2CCN(c3ccccc3O)CC2)c1. The monoisotopic (exact) mass is 462 g/mol. The summed E-state index contributed by atoms with van der Waals surface area (Å²) in [5.41, 5.74) is 2.45. The molecule has 0 spiro atoms. The Morgan fingerprint density at radius 2 is 1.74 bits per heavy atom. The number of rotatable bonds is 6. The Kier molecular flexibility index (Phi) is 7.40. The Labute approximate surface area is 190 Å². The maximum atomic E-state index is 12.9. The molecule has 31 heavy (non-hydrogen) atoms. The normalized spacial score (nSPS) is 14.7. The predicted molar refractivity (Wildman–Crippen MR) is 129 cm³/mol. The molecule has 2 N–H and O–H groups in total. The molecule has 0 unspecified atom stereocenters. The average molecular weight is 463 g/mol. The molecule has 2 aromatic rings. The smallest absolute Gasteiger partial charge is 0.243 e. The Bertz CT molecular complexity index is 1030. The number of benzene rings is 2. The number of nitrogens with zero attached hydrogens (tertiary/aromatic N) is 3. The zero-order chi connectivity index (χ0) is 22.6. The van der Waals surface area contributed by atoms with Gasteiger partial charge in [-0.05, 0) is 49.0 Å². The van der Waals surface area contributed by atoms with E-state index in [1.165, 1.54) is 4.31 Å². The van der Waals surface area contributed by atoms with E-state index in [9.17, 15) is 13.5 Å². The summed E-state index contributed by atoms with van der Waals surface area (Å²) in [6, 6.07) is 12.4. The van der Waals surface area contributed by atoms with Crippen LogP contribution in [0.25, 0.3) is 0 Å². The molecule has 0 radical (unpaired) electrons. The van der Waals surface area contributed by atoms with E-state index in [0.29, 0.717) is 37.0 Å². The maximum absolute atomic E-state index is 12.9. The summed E-state index contributed by atoms with van der Waals surface area (Å²) < 4.78 is 27.2. The molecule has 7 nitrogen and oxygen atoms in total. The van der Waals surface area contributed by atoms with Crippen molar-refractivity contribution in [3.05, 3.63) is 48.0 Å². The second kappa shape index (κ2) is 9.84. The predicted octanol–water partition coefficient (Wildman–Crippen LogP) is 3.25. The minimum Gasteiger partial charge on any atom is -0.506 e. The molecule has 3 rings (SSSR count). The summed E-state index contributed by atoms with van der Waals surface area (Å²) in [7, 11) is -3.54. The van der Waals surface area contributed by atoms with Crippen molar-refractivity contribution in [2.24, 2.45) is 0 Å². The van der Waals surface area contributed by atoms with Crippen molar-refractivity contribution in [2.45, 2.75) is 25.7 Å². The maximum Gasteiger partial charge on any atom is 0.243 e. The molecular formula is C22H30N4O3S2. The van der Waals surface area contributed by atoms with Gasteiger partial charge in [-0.25, -0.2) is 8.42 Å². The highest BCUT2D eigenvalue weighted by Crippen LogP contribution is 2.28. The Balaban J connectivity index is 1.69. The zero-order valence-electron chi connectivity index (χ0n) is 18.2. The Morgan fingerprint density at radius 3 is 2.35 bits per heavy atom. The summed E-state index contributed by atoms with van der Waals surface area (Å²) in [5.74, 6) is 0.276. The number of nitrogens with one attached hydrogen (secondary N) is 1. The molecule has 1 saturated heterocycles. The van der Waals surface area contributed by atoms with Crippen LogP contribution in [0.1, 0.15) is 19.4 Å². The number of anilines is 2. The van der Waals surface area contributed by atoms with E-state index in [-0.39, 0.29) is 10.6 Å². The number of piperazine rings is 1. The molecule has 1 aliphatic rings. The van der Waals surface area contributed by atoms with Gasteiger partial charge >= 0.3 is 0 Å². The topological polar surface area (TPSA) is 76.1 Å². The van der Waals surface area contributed by atoms with Crippen LogP contribution in [0.2, 0.25) is 0 Å². The Hall–Kier alpha value is -2.36. The number of aromatic hydroxyl groups is 1. The average Bonchev–Trinajstić information content (AvgIpc) is 2.76. The van der Waals surface area contributed by atoms with E-state index in [1.807, 2.05) is 39.0 Å². The fraction of sp³-hybridized carbons (Fsp3) is 0.409. The minimum absolute atomic E-state index is 0.261. The molecule has 0 bridgehead atoms. The number of phenols is 1. The van der Waals surface area contributed by atoms with Crippen LogP contribution in [0.5, 0.6) is 5.75 Å². The molecular weight excluding hydrogens is 432 g/mol. The third-order valence-electron chi connectivity index (χ3n) is 5.58. The first kappa shape index (κ1) is 23.3. The summed E-state index contributed by atoms with van der Waals surface area (Å²) in [5, 5.41) is 13.9. The van der Waals surface area contributed by atoms with Crippen molar-refractivity contribution in [3.8, 4) is 5.75 Å². The van der Waals surface area contributed by atoms with Gasteiger partial charge in [0, 0.05) is 45.0 Å². The van der Waals surface area contributed by atoms with Gasteiger partial charge in [0.1, 0.15) is 5.75 Å². The number of hydrogen-bond donors (Lipinski definition) is 2. The molecule has 1 aliphatic heterocycles. The lowest BCUT2D eigenvalue weighted by Crippen LogP contribution is -2.50. The van der Waals surface area contributed by atoms with Gasteiger partial charge in [0.25, 0.3) is 0 Å². The number of phenolic OH excluding ortho intramolecular Hbond substituents is 1. The van der Waals surface area contributed by atoms with Gasteiger partial charge in [-0.15, -0.1) is 0 Å². The summed E-state index contributed by atoms with van der Waals surface area (Å²) in [4.78, 5) is 4.46. The number of sulfonamides is 1. The van der Waals surface area contributed by atoms with Crippen LogP contribution in [0, 0.1) is 6.92 Å². The largest absolute Gasteiger partial charge is 0.506 e. The standard InChI is InChI=1S/C22H30N4O3S2/c1-4-26(5-2)31(28,29)18-11-10-17(3)19(16-18)23-22(30)25-14-12-24(13-15-25)20-8-6-7-9-21(20)27/h6-11,16,27H,4-5,12-15H2,1-3H3,(H,23,30). The van der Waals surface area contributed by atoms with E-state index < -0.39 is 10.0 Å². The van der Waals surface area contributed by atoms with Crippen molar-refractivity contribution in [3.63, 3.8) is 0 Å². The van der Waals surface area contributed by atoms with Gasteiger partial charge in [-0.3, -0.25) is 0 Å². The van der Waals surface area contributed by atoms with Gasteiger partial charge in [0.05, 0.1) is 10.6 Å². The summed E-state index contributed by atoms with van der Waals surface area (Å²) in [6.45, 7) is 9.31. The molecule has 0 atom stereocenters. The molecule has 0 saturated carbocycles. The van der Waals surface area contributed by atoms with Gasteiger partial charge in [0.2, 0.25) is 10.0 Å². The van der Waals surface area contributed by atoms with Gasteiger partial charge < -0.3 is 20.2 Å². The number of aryl methyl sites for hydroxylation is 1. The fourth-order valence-corrected chi connectivity index (χ4v) is 5.46. The second-order valence-electron chi connectivity index (χ2n) is 7.46. The number of hydrogen-bond acceptors (Lipinski definition) is 5. The minimum atomic E-state index is -3.54. The second-order valence-corrected chi connectivity index (χ2v) is 9.78. The van der Waals surface area contributed by atoms with Crippen molar-refractivity contribution in [2.75, 3.05) is 49.5 Å². The third-order valence-corrected chi connectivity index (χ3v) is 7.99. The first-order valence-electron chi connectivity index (χ1n) is 10.5. The van der Waals surface area contributed by atoms with Crippen LogP contribution < -0.4 is 10.2 Å². The molecule has 1 heterocycles. The molecule has 168 valence electrons. The van der Waals surface area contributed by atoms with Crippen LogP contribution in [-0.2, 0) is 10.0 Å². The molecule has 9 heteroatoms. The van der Waals surface area contributed by atoms with Crippen molar-refractivity contribution in [1.29, 1.82) is 0 Å². The van der Waals surface area contributed by atoms with Crippen molar-refractivity contribution < 1.29 is 13.5 Å². The third kappa shape index (κ3) is 5.11. The molecule has 0 amide bonds. The van der Waals surface area contributed by atoms with Crippen LogP contribution in [0.4, 0.5) is 11.4 Å². The summed E-state index contributed by atoms with van der Waals surface area (Å²) in [6.07, 6.45) is 0. The van der Waals surface area contributed by atoms with Crippen molar-refractivity contribution in [1.82, 2.24) is 9.21 Å². The lowest BCUT2D eigenvalue weighted by Gasteiger charge is -2.37. The van der Waals surface area contributed by atoms with Crippen LogP contribution in [0.3, 0.4) is 0 Å². The molecule has 2 aromatic carbocycles. The van der Waals surface area contributed by atoms with Gasteiger partial charge in [0.15, 0.2) is 5.11 Å². The Morgan fingerprint density at radius 1 is 1.10 bits per heavy atom. The van der Waals surface area contributed by atoms with E-state index in [1.54, 1.807) is 24.3 Å². The van der Waals surface area contributed by atoms with Crippen LogP contribution >= 0.6 is 12.2 Å². The zero-order valence-corrected chi connectivity index (χ0v) is 19.8. The molecule has 0 aliphatic carbocycles. The van der Waals surface area contributed by atoms with Crippen molar-refractivity contribution >= 4 is 38.7 Å². The first-order valence-corrected chi connectivity index (χ1v) is 12.3. The van der Waals surface area contributed by atoms with Crippen LogP contribution in [-0.4, -0.2) is 67.1 Å². The highest BCUT2D eigenvalue weighted by atomic mass is 32.2. The molecule has 1 fully saturated rings. The lowest BCUT2D eigenvalue weighted by molar-refractivity contribution is 0.387.